The molecule has 0 spiro atoms. The minimum absolute atomic E-state index is 0.496. The quantitative estimate of drug-likeness (QED) is 0.494. The van der Waals surface area contributed by atoms with Crippen LogP contribution >= 0.6 is 0 Å². The van der Waals surface area contributed by atoms with Gasteiger partial charge in [-0.1, -0.05) is 38.8 Å². The van der Waals surface area contributed by atoms with E-state index in [9.17, 15) is 0 Å². The van der Waals surface area contributed by atoms with Crippen LogP contribution in [0.3, 0.4) is 0 Å². The van der Waals surface area contributed by atoms with Gasteiger partial charge in [-0.2, -0.15) is 0 Å². The third-order valence-corrected chi connectivity index (χ3v) is 2.96. The average molecular weight is 166 g/mol. The van der Waals surface area contributed by atoms with E-state index in [2.05, 4.69) is 33.1 Å². The van der Waals surface area contributed by atoms with Gasteiger partial charge in [-0.25, -0.2) is 0 Å². The molecule has 70 valence electrons. The Bertz CT molecular complexity index is 129. The Hall–Kier alpha value is -0.520. The van der Waals surface area contributed by atoms with Gasteiger partial charge in [-0.15, -0.1) is 13.2 Å². The molecule has 0 saturated heterocycles. The summed E-state index contributed by atoms with van der Waals surface area (Å²) in [6.45, 7) is 12.1. The van der Waals surface area contributed by atoms with E-state index in [0.717, 1.165) is 12.8 Å². The molecule has 0 saturated carbocycles. The second kappa shape index (κ2) is 6.05. The van der Waals surface area contributed by atoms with Crippen LogP contribution in [-0.4, -0.2) is 0 Å². The van der Waals surface area contributed by atoms with Crippen LogP contribution in [0.1, 0.15) is 46.0 Å². The molecule has 0 aliphatic heterocycles. The van der Waals surface area contributed by atoms with Crippen molar-refractivity contribution in [2.75, 3.05) is 0 Å². The third-order valence-electron chi connectivity index (χ3n) is 2.96. The fourth-order valence-corrected chi connectivity index (χ4v) is 1.71. The Morgan fingerprint density at radius 3 is 2.00 bits per heavy atom. The van der Waals surface area contributed by atoms with E-state index < -0.39 is 0 Å². The monoisotopic (exact) mass is 166 g/mol. The highest BCUT2D eigenvalue weighted by Gasteiger charge is 2.22. The highest BCUT2D eigenvalue weighted by molar-refractivity contribution is 4.86. The van der Waals surface area contributed by atoms with Gasteiger partial charge in [-0.05, 0) is 24.7 Å². The zero-order chi connectivity index (χ0) is 9.45. The molecule has 0 rings (SSSR count). The highest BCUT2D eigenvalue weighted by Crippen LogP contribution is 2.35. The van der Waals surface area contributed by atoms with Gasteiger partial charge in [0, 0.05) is 0 Å². The van der Waals surface area contributed by atoms with Crippen molar-refractivity contribution in [2.45, 2.75) is 46.0 Å². The second-order valence-electron chi connectivity index (χ2n) is 3.53. The predicted octanol–water partition coefficient (Wildman–Crippen LogP) is 4.34. The first kappa shape index (κ1) is 11.5. The second-order valence-corrected chi connectivity index (χ2v) is 3.53. The molecular weight excluding hydrogens is 144 g/mol. The summed E-state index contributed by atoms with van der Waals surface area (Å²) in [5, 5.41) is 0. The first-order valence-electron chi connectivity index (χ1n) is 4.96. The molecule has 0 aromatic heterocycles. The summed E-state index contributed by atoms with van der Waals surface area (Å²) in [6, 6.07) is 0. The fourth-order valence-electron chi connectivity index (χ4n) is 1.71. The normalized spacial score (nSPS) is 11.2. The van der Waals surface area contributed by atoms with Crippen molar-refractivity contribution in [3.63, 3.8) is 0 Å². The third kappa shape index (κ3) is 3.25. The smallest absolute Gasteiger partial charge is 0.0265 e. The molecule has 0 aromatic carbocycles. The molecule has 0 fully saturated rings. The van der Waals surface area contributed by atoms with Crippen molar-refractivity contribution in [1.29, 1.82) is 0 Å². The van der Waals surface area contributed by atoms with Crippen LogP contribution in [-0.2, 0) is 0 Å². The molecule has 0 aromatic rings. The van der Waals surface area contributed by atoms with Crippen LogP contribution in [0.2, 0.25) is 0 Å². The van der Waals surface area contributed by atoms with Gasteiger partial charge in [-0.3, -0.25) is 0 Å². The molecule has 0 bridgehead atoms. The van der Waals surface area contributed by atoms with E-state index in [4.69, 9.17) is 0 Å². The summed E-state index contributed by atoms with van der Waals surface area (Å²) in [5.74, 6) is 0. The Morgan fingerprint density at radius 1 is 1.08 bits per heavy atom. The summed E-state index contributed by atoms with van der Waals surface area (Å²) >= 11 is 0. The predicted molar refractivity (Wildman–Crippen MR) is 57.3 cm³/mol. The zero-order valence-electron chi connectivity index (χ0n) is 8.60. The van der Waals surface area contributed by atoms with Crippen molar-refractivity contribution in [1.82, 2.24) is 0 Å². The van der Waals surface area contributed by atoms with Crippen molar-refractivity contribution >= 4 is 0 Å². The fraction of sp³-hybridized carbons (Fsp3) is 0.667. The first-order valence-corrected chi connectivity index (χ1v) is 4.96. The van der Waals surface area contributed by atoms with Crippen LogP contribution in [0.15, 0.2) is 25.3 Å². The molecule has 0 heteroatoms. The summed E-state index contributed by atoms with van der Waals surface area (Å²) in [4.78, 5) is 0. The van der Waals surface area contributed by atoms with E-state index in [1.807, 2.05) is 6.08 Å². The largest absolute Gasteiger partial charge is 0.103 e. The Labute approximate surface area is 77.4 Å². The van der Waals surface area contributed by atoms with Crippen LogP contribution in [0.4, 0.5) is 0 Å². The maximum atomic E-state index is 3.82. The van der Waals surface area contributed by atoms with Gasteiger partial charge < -0.3 is 0 Å². The molecule has 0 aliphatic carbocycles. The lowest BCUT2D eigenvalue weighted by Crippen LogP contribution is -2.17. The number of rotatable bonds is 7. The Balaban J connectivity index is 4.12. The lowest BCUT2D eigenvalue weighted by molar-refractivity contribution is 0.245. The highest BCUT2D eigenvalue weighted by atomic mass is 14.3. The van der Waals surface area contributed by atoms with Gasteiger partial charge in [0.2, 0.25) is 0 Å². The topological polar surface area (TPSA) is 0 Å². The lowest BCUT2D eigenvalue weighted by atomic mass is 9.75. The van der Waals surface area contributed by atoms with E-state index in [-0.39, 0.29) is 0 Å². The zero-order valence-corrected chi connectivity index (χ0v) is 8.60. The molecule has 0 aliphatic rings. The van der Waals surface area contributed by atoms with Crippen molar-refractivity contribution < 1.29 is 0 Å². The van der Waals surface area contributed by atoms with E-state index in [1.54, 1.807) is 0 Å². The first-order chi connectivity index (χ1) is 5.74. The standard InChI is InChI=1S/C12H22/c1-5-9-11-12(7-3,8-4)10-6-2/h5-6H,1-2,7-11H2,3-4H3. The minimum atomic E-state index is 0.496. The molecular formula is C12H22. The van der Waals surface area contributed by atoms with Crippen molar-refractivity contribution in [2.24, 2.45) is 5.41 Å². The molecule has 0 amide bonds. The van der Waals surface area contributed by atoms with Gasteiger partial charge in [0.05, 0.1) is 0 Å². The molecule has 0 heterocycles. The SMILES string of the molecule is C=CCCC(CC)(CC)CC=C. The van der Waals surface area contributed by atoms with Crippen molar-refractivity contribution in [3.05, 3.63) is 25.3 Å². The van der Waals surface area contributed by atoms with E-state index >= 15 is 0 Å². The Kier molecular flexibility index (Phi) is 5.79. The maximum Gasteiger partial charge on any atom is -0.0265 e. The molecule has 0 N–H and O–H groups in total. The van der Waals surface area contributed by atoms with E-state index in [1.165, 1.54) is 19.3 Å². The van der Waals surface area contributed by atoms with Crippen LogP contribution in [0, 0.1) is 5.41 Å². The molecule has 0 radical (unpaired) electrons. The van der Waals surface area contributed by atoms with Gasteiger partial charge >= 0.3 is 0 Å². The summed E-state index contributed by atoms with van der Waals surface area (Å²) in [5.41, 5.74) is 0.496. The number of hydrogen-bond donors (Lipinski definition) is 0. The van der Waals surface area contributed by atoms with Crippen LogP contribution in [0.25, 0.3) is 0 Å². The van der Waals surface area contributed by atoms with Gasteiger partial charge in [0.15, 0.2) is 0 Å². The minimum Gasteiger partial charge on any atom is -0.103 e. The molecule has 0 nitrogen and oxygen atoms in total. The Morgan fingerprint density at radius 2 is 1.67 bits per heavy atom. The summed E-state index contributed by atoms with van der Waals surface area (Å²) in [7, 11) is 0. The molecule has 12 heavy (non-hydrogen) atoms. The lowest BCUT2D eigenvalue weighted by Gasteiger charge is -2.30. The number of allylic oxidation sites excluding steroid dienone is 2. The summed E-state index contributed by atoms with van der Waals surface area (Å²) < 4.78 is 0. The van der Waals surface area contributed by atoms with E-state index in [0.29, 0.717) is 5.41 Å². The maximum absolute atomic E-state index is 3.82. The molecule has 0 atom stereocenters. The van der Waals surface area contributed by atoms with Crippen molar-refractivity contribution in [3.8, 4) is 0 Å². The van der Waals surface area contributed by atoms with Crippen LogP contribution < -0.4 is 0 Å². The number of hydrogen-bond acceptors (Lipinski definition) is 0. The van der Waals surface area contributed by atoms with Crippen LogP contribution in [0.5, 0.6) is 0 Å². The average Bonchev–Trinajstić information content (AvgIpc) is 2.13. The molecule has 0 unspecified atom stereocenters. The van der Waals surface area contributed by atoms with Gasteiger partial charge in [0.25, 0.3) is 0 Å². The summed E-state index contributed by atoms with van der Waals surface area (Å²) in [6.07, 6.45) is 10.1. The van der Waals surface area contributed by atoms with Gasteiger partial charge in [0.1, 0.15) is 0 Å².